The molecular weight excluding hydrogens is 372 g/mol. The Balaban J connectivity index is 2.24. The summed E-state index contributed by atoms with van der Waals surface area (Å²) in [6.07, 6.45) is 2.83. The highest BCUT2D eigenvalue weighted by Gasteiger charge is 2.21. The number of aromatic nitrogens is 1. The summed E-state index contributed by atoms with van der Waals surface area (Å²) in [4.78, 5) is 27.5. The molecular formula is C20H21F2NO5. The highest BCUT2D eigenvalue weighted by molar-refractivity contribution is 6.08. The van der Waals surface area contributed by atoms with Crippen molar-refractivity contribution in [3.05, 3.63) is 52.4 Å². The first-order valence-electron chi connectivity index (χ1n) is 8.50. The Labute approximate surface area is 161 Å². The van der Waals surface area contributed by atoms with Crippen molar-refractivity contribution in [1.82, 2.24) is 4.98 Å². The zero-order valence-electron chi connectivity index (χ0n) is 16.0. The Morgan fingerprint density at radius 3 is 2.54 bits per heavy atom. The topological polar surface area (TPSA) is 77.6 Å². The van der Waals surface area contributed by atoms with Crippen LogP contribution in [0.2, 0.25) is 0 Å². The molecule has 0 spiro atoms. The molecule has 0 aliphatic carbocycles. The predicted molar refractivity (Wildman–Crippen MR) is 99.2 cm³/mol. The van der Waals surface area contributed by atoms with Crippen LogP contribution in [0, 0.1) is 13.8 Å². The van der Waals surface area contributed by atoms with E-state index in [1.54, 1.807) is 20.8 Å². The predicted octanol–water partition coefficient (Wildman–Crippen LogP) is 4.31. The van der Waals surface area contributed by atoms with Gasteiger partial charge in [-0.2, -0.15) is 8.78 Å². The molecule has 0 amide bonds. The molecule has 1 N–H and O–H groups in total. The van der Waals surface area contributed by atoms with Gasteiger partial charge in [0.1, 0.15) is 0 Å². The molecule has 2 aromatic rings. The maximum absolute atomic E-state index is 12.5. The number of aromatic amines is 1. The summed E-state index contributed by atoms with van der Waals surface area (Å²) in [6.45, 7) is 2.32. The Kier molecular flexibility index (Phi) is 6.92. The lowest BCUT2D eigenvalue weighted by molar-refractivity contribution is -0.0512. The quantitative estimate of drug-likeness (QED) is 0.411. The lowest BCUT2D eigenvalue weighted by atomic mass is 10.1. The van der Waals surface area contributed by atoms with E-state index in [4.69, 9.17) is 9.47 Å². The van der Waals surface area contributed by atoms with E-state index < -0.39 is 12.6 Å². The largest absolute Gasteiger partial charge is 0.493 e. The molecule has 0 saturated heterocycles. The fourth-order valence-corrected chi connectivity index (χ4v) is 2.74. The number of benzene rings is 1. The van der Waals surface area contributed by atoms with Gasteiger partial charge < -0.3 is 19.2 Å². The molecule has 150 valence electrons. The van der Waals surface area contributed by atoms with Crippen LogP contribution >= 0.6 is 0 Å². The number of ketones is 1. The molecule has 0 aliphatic heterocycles. The lowest BCUT2D eigenvalue weighted by Crippen LogP contribution is -2.07. The molecule has 0 saturated carbocycles. The highest BCUT2D eigenvalue weighted by Crippen LogP contribution is 2.30. The third-order valence-corrected chi connectivity index (χ3v) is 3.99. The molecule has 0 radical (unpaired) electrons. The van der Waals surface area contributed by atoms with Gasteiger partial charge in [0.15, 0.2) is 11.5 Å². The number of aryl methyl sites for hydroxylation is 1. The molecule has 0 unspecified atom stereocenters. The average molecular weight is 393 g/mol. The molecule has 1 aromatic heterocycles. The summed E-state index contributed by atoms with van der Waals surface area (Å²) in [5.74, 6) is -0.818. The van der Waals surface area contributed by atoms with Crippen LogP contribution in [0.25, 0.3) is 6.08 Å². The minimum Gasteiger partial charge on any atom is -0.493 e. The van der Waals surface area contributed by atoms with Crippen molar-refractivity contribution < 1.29 is 32.6 Å². The maximum atomic E-state index is 12.5. The van der Waals surface area contributed by atoms with E-state index in [1.807, 2.05) is 0 Å². The summed E-state index contributed by atoms with van der Waals surface area (Å²) in [7, 11) is 1.33. The Hall–Kier alpha value is -3.16. The van der Waals surface area contributed by atoms with E-state index in [9.17, 15) is 18.4 Å². The highest BCUT2D eigenvalue weighted by atomic mass is 19.3. The van der Waals surface area contributed by atoms with E-state index in [0.29, 0.717) is 22.4 Å². The van der Waals surface area contributed by atoms with E-state index in [1.165, 1.54) is 37.5 Å². The number of nitrogens with one attached hydrogen (secondary N) is 1. The summed E-state index contributed by atoms with van der Waals surface area (Å²) in [6, 6.07) is 4.32. The van der Waals surface area contributed by atoms with Gasteiger partial charge in [-0.05, 0) is 50.1 Å². The number of esters is 1. The monoisotopic (exact) mass is 393 g/mol. The zero-order chi connectivity index (χ0) is 20.8. The van der Waals surface area contributed by atoms with Crippen molar-refractivity contribution in [3.8, 4) is 11.5 Å². The number of ether oxygens (including phenoxy) is 3. The van der Waals surface area contributed by atoms with Crippen LogP contribution in [0.3, 0.4) is 0 Å². The van der Waals surface area contributed by atoms with Crippen LogP contribution in [0.1, 0.15) is 44.6 Å². The van der Waals surface area contributed by atoms with Gasteiger partial charge in [-0.3, -0.25) is 4.79 Å². The zero-order valence-corrected chi connectivity index (χ0v) is 16.0. The van der Waals surface area contributed by atoms with E-state index in [2.05, 4.69) is 9.72 Å². The van der Waals surface area contributed by atoms with Crippen LogP contribution < -0.4 is 9.47 Å². The van der Waals surface area contributed by atoms with Crippen molar-refractivity contribution in [2.45, 2.75) is 27.4 Å². The van der Waals surface area contributed by atoms with Gasteiger partial charge in [-0.1, -0.05) is 12.1 Å². The number of hydrogen-bond donors (Lipinski definition) is 1. The lowest BCUT2D eigenvalue weighted by Gasteiger charge is -2.10. The Bertz CT molecular complexity index is 902. The first kappa shape index (κ1) is 21.1. The Morgan fingerprint density at radius 2 is 1.93 bits per heavy atom. The second-order valence-electron chi connectivity index (χ2n) is 5.83. The van der Waals surface area contributed by atoms with Crippen molar-refractivity contribution in [2.75, 3.05) is 13.7 Å². The van der Waals surface area contributed by atoms with Crippen LogP contribution in [-0.2, 0) is 4.74 Å². The minimum atomic E-state index is -2.97. The third kappa shape index (κ3) is 4.76. The summed E-state index contributed by atoms with van der Waals surface area (Å²) >= 11 is 0. The van der Waals surface area contributed by atoms with Gasteiger partial charge in [0.05, 0.1) is 25.0 Å². The van der Waals surface area contributed by atoms with E-state index in [-0.39, 0.29) is 29.6 Å². The van der Waals surface area contributed by atoms with Gasteiger partial charge in [0, 0.05) is 5.69 Å². The smallest absolute Gasteiger partial charge is 0.387 e. The number of hydrogen-bond acceptors (Lipinski definition) is 5. The fourth-order valence-electron chi connectivity index (χ4n) is 2.74. The molecule has 1 aromatic carbocycles. The summed E-state index contributed by atoms with van der Waals surface area (Å²) in [5.41, 5.74) is 2.22. The molecule has 8 heteroatoms. The first-order valence-corrected chi connectivity index (χ1v) is 8.50. The standard InChI is InChI=1S/C20H21F2NO5/c1-5-27-19(25)17-11(2)18(23-12(17)3)14(24)8-6-13-7-9-15(28-20(21)22)16(10-13)26-4/h6-10,20,23H,5H2,1-4H3/b8-6+. The van der Waals surface area contributed by atoms with Crippen molar-refractivity contribution in [2.24, 2.45) is 0 Å². The van der Waals surface area contributed by atoms with Crippen LogP contribution in [0.15, 0.2) is 24.3 Å². The van der Waals surface area contributed by atoms with E-state index >= 15 is 0 Å². The van der Waals surface area contributed by atoms with Gasteiger partial charge in [0.25, 0.3) is 0 Å². The number of rotatable bonds is 8. The fraction of sp³-hybridized carbons (Fsp3) is 0.300. The number of allylic oxidation sites excluding steroid dienone is 1. The average Bonchev–Trinajstić information content (AvgIpc) is 2.94. The molecule has 0 aliphatic rings. The van der Waals surface area contributed by atoms with Crippen LogP contribution in [0.4, 0.5) is 8.78 Å². The molecule has 0 atom stereocenters. The molecule has 0 bridgehead atoms. The normalized spacial score (nSPS) is 11.1. The summed E-state index contributed by atoms with van der Waals surface area (Å²) < 4.78 is 39.2. The second kappa shape index (κ2) is 9.16. The van der Waals surface area contributed by atoms with Gasteiger partial charge in [-0.15, -0.1) is 0 Å². The van der Waals surface area contributed by atoms with Crippen molar-refractivity contribution in [3.63, 3.8) is 0 Å². The molecule has 1 heterocycles. The second-order valence-corrected chi connectivity index (χ2v) is 5.83. The number of alkyl halides is 2. The molecule has 6 nitrogen and oxygen atoms in total. The maximum Gasteiger partial charge on any atom is 0.387 e. The Morgan fingerprint density at radius 1 is 1.21 bits per heavy atom. The summed E-state index contributed by atoms with van der Waals surface area (Å²) in [5, 5.41) is 0. The molecule has 28 heavy (non-hydrogen) atoms. The van der Waals surface area contributed by atoms with Crippen LogP contribution in [-0.4, -0.2) is 37.1 Å². The molecule has 2 rings (SSSR count). The van der Waals surface area contributed by atoms with Crippen LogP contribution in [0.5, 0.6) is 11.5 Å². The van der Waals surface area contributed by atoms with Crippen molar-refractivity contribution >= 4 is 17.8 Å². The minimum absolute atomic E-state index is 0.101. The van der Waals surface area contributed by atoms with Crippen molar-refractivity contribution in [1.29, 1.82) is 0 Å². The number of H-pyrrole nitrogens is 1. The number of carbonyl (C=O) groups is 2. The van der Waals surface area contributed by atoms with E-state index in [0.717, 1.165) is 0 Å². The number of carbonyl (C=O) groups excluding carboxylic acids is 2. The number of halogens is 2. The molecule has 0 fully saturated rings. The van der Waals surface area contributed by atoms with Gasteiger partial charge in [0.2, 0.25) is 5.78 Å². The SMILES string of the molecule is CCOC(=O)c1c(C)[nH]c(C(=O)/C=C/c2ccc(OC(F)F)c(OC)c2)c1C. The van der Waals surface area contributed by atoms with Gasteiger partial charge >= 0.3 is 12.6 Å². The third-order valence-electron chi connectivity index (χ3n) is 3.99. The van der Waals surface area contributed by atoms with Gasteiger partial charge in [-0.25, -0.2) is 4.79 Å². The number of methoxy groups -OCH3 is 1. The first-order chi connectivity index (χ1) is 13.3.